The van der Waals surface area contributed by atoms with Crippen LogP contribution in [0.1, 0.15) is 0 Å². The molecule has 1 aromatic carbocycles. The van der Waals surface area contributed by atoms with Crippen molar-refractivity contribution in [1.29, 1.82) is 0 Å². The van der Waals surface area contributed by atoms with Crippen molar-refractivity contribution in [2.45, 2.75) is 0 Å². The minimum absolute atomic E-state index is 0. The largest absolute Gasteiger partial charge is 0.264 e. The summed E-state index contributed by atoms with van der Waals surface area (Å²) in [5.41, 5.74) is 2.90. The second-order valence-corrected chi connectivity index (χ2v) is 5.02. The monoisotopic (exact) mass is 352 g/mol. The third kappa shape index (κ3) is 3.03. The molecule has 5 heteroatoms. The van der Waals surface area contributed by atoms with E-state index >= 15 is 0 Å². The highest BCUT2D eigenvalue weighted by Gasteiger charge is 2.08. The van der Waals surface area contributed by atoms with Gasteiger partial charge in [0.1, 0.15) is 5.01 Å². The van der Waals surface area contributed by atoms with Gasteiger partial charge < -0.3 is 0 Å². The first-order valence-corrected chi connectivity index (χ1v) is 6.71. The van der Waals surface area contributed by atoms with E-state index in [2.05, 4.69) is 9.97 Å². The molecule has 0 aliphatic carbocycles. The zero-order valence-electron chi connectivity index (χ0n) is 9.79. The Bertz CT molecular complexity index is 670. The number of halogens is 2. The van der Waals surface area contributed by atoms with Crippen molar-refractivity contribution >= 4 is 39.9 Å². The van der Waals surface area contributed by atoms with Crippen molar-refractivity contribution in [2.24, 2.45) is 0 Å². The Balaban J connectivity index is 0.00000133. The number of hydrogen-bond acceptors (Lipinski definition) is 3. The standard InChI is InChI=1S/C14H9ClN2S.BrH/c15-12-6-2-1-5-11(12)13-9-18-14(17-13)10-4-3-7-16-8-10;/h1-9H;1H. The maximum absolute atomic E-state index is 6.17. The fraction of sp³-hybridized carbons (Fsp3) is 0. The molecule has 3 rings (SSSR count). The number of benzene rings is 1. The quantitative estimate of drug-likeness (QED) is 0.640. The van der Waals surface area contributed by atoms with E-state index in [4.69, 9.17) is 11.6 Å². The van der Waals surface area contributed by atoms with Gasteiger partial charge in [0.25, 0.3) is 0 Å². The summed E-state index contributed by atoms with van der Waals surface area (Å²) in [6.07, 6.45) is 3.57. The van der Waals surface area contributed by atoms with Gasteiger partial charge in [0.2, 0.25) is 0 Å². The van der Waals surface area contributed by atoms with E-state index in [1.807, 2.05) is 48.0 Å². The van der Waals surface area contributed by atoms with Crippen LogP contribution in [0.3, 0.4) is 0 Å². The van der Waals surface area contributed by atoms with E-state index in [1.165, 1.54) is 0 Å². The highest BCUT2D eigenvalue weighted by molar-refractivity contribution is 8.93. The lowest BCUT2D eigenvalue weighted by Gasteiger charge is -1.99. The minimum Gasteiger partial charge on any atom is -0.264 e. The highest BCUT2D eigenvalue weighted by Crippen LogP contribution is 2.31. The number of thiazole rings is 1. The first-order chi connectivity index (χ1) is 8.84. The van der Waals surface area contributed by atoms with Crippen LogP contribution in [0.5, 0.6) is 0 Å². The zero-order valence-corrected chi connectivity index (χ0v) is 13.1. The van der Waals surface area contributed by atoms with Crippen LogP contribution in [0.2, 0.25) is 5.02 Å². The molecule has 0 amide bonds. The van der Waals surface area contributed by atoms with E-state index in [0.29, 0.717) is 0 Å². The third-order valence-corrected chi connectivity index (χ3v) is 3.78. The zero-order chi connectivity index (χ0) is 12.4. The summed E-state index contributed by atoms with van der Waals surface area (Å²) in [7, 11) is 0. The molecule has 96 valence electrons. The summed E-state index contributed by atoms with van der Waals surface area (Å²) in [5, 5.41) is 3.70. The maximum atomic E-state index is 6.17. The van der Waals surface area contributed by atoms with Gasteiger partial charge in [-0.3, -0.25) is 4.98 Å². The molecule has 0 aliphatic heterocycles. The van der Waals surface area contributed by atoms with Crippen LogP contribution in [0.15, 0.2) is 54.2 Å². The third-order valence-electron chi connectivity index (χ3n) is 2.56. The fourth-order valence-electron chi connectivity index (χ4n) is 1.69. The molecular weight excluding hydrogens is 344 g/mol. The van der Waals surface area contributed by atoms with Crippen molar-refractivity contribution in [3.8, 4) is 21.8 Å². The predicted molar refractivity (Wildman–Crippen MR) is 86.1 cm³/mol. The molecule has 0 bridgehead atoms. The second-order valence-electron chi connectivity index (χ2n) is 3.76. The Hall–Kier alpha value is -1.23. The number of rotatable bonds is 2. The molecule has 0 radical (unpaired) electrons. The molecule has 0 saturated carbocycles. The molecule has 0 atom stereocenters. The van der Waals surface area contributed by atoms with Crippen LogP contribution in [0, 0.1) is 0 Å². The van der Waals surface area contributed by atoms with Gasteiger partial charge in [-0.2, -0.15) is 0 Å². The molecule has 0 fully saturated rings. The van der Waals surface area contributed by atoms with Crippen LogP contribution in [-0.4, -0.2) is 9.97 Å². The first-order valence-electron chi connectivity index (χ1n) is 5.45. The summed E-state index contributed by atoms with van der Waals surface area (Å²) in [5.74, 6) is 0. The summed E-state index contributed by atoms with van der Waals surface area (Å²) in [6, 6.07) is 11.6. The molecule has 19 heavy (non-hydrogen) atoms. The molecular formula is C14H10BrClN2S. The Morgan fingerprint density at radius 3 is 2.63 bits per heavy atom. The lowest BCUT2D eigenvalue weighted by Crippen LogP contribution is -1.81. The van der Waals surface area contributed by atoms with E-state index in [1.54, 1.807) is 17.5 Å². The average Bonchev–Trinajstić information content (AvgIpc) is 2.90. The predicted octanol–water partition coefficient (Wildman–Crippen LogP) is 5.10. The molecule has 0 aliphatic rings. The van der Waals surface area contributed by atoms with Crippen molar-refractivity contribution in [2.75, 3.05) is 0 Å². The summed E-state index contributed by atoms with van der Waals surface area (Å²) >= 11 is 7.76. The number of hydrogen-bond donors (Lipinski definition) is 0. The van der Waals surface area contributed by atoms with E-state index in [9.17, 15) is 0 Å². The molecule has 2 nitrogen and oxygen atoms in total. The topological polar surface area (TPSA) is 25.8 Å². The first kappa shape index (κ1) is 14.2. The van der Waals surface area contributed by atoms with Gasteiger partial charge in [-0.15, -0.1) is 28.3 Å². The van der Waals surface area contributed by atoms with Gasteiger partial charge in [0.15, 0.2) is 0 Å². The fourth-order valence-corrected chi connectivity index (χ4v) is 2.73. The lowest BCUT2D eigenvalue weighted by atomic mass is 10.2. The van der Waals surface area contributed by atoms with Gasteiger partial charge in [-0.05, 0) is 18.2 Å². The lowest BCUT2D eigenvalue weighted by molar-refractivity contribution is 1.31. The van der Waals surface area contributed by atoms with Crippen LogP contribution in [-0.2, 0) is 0 Å². The SMILES string of the molecule is Br.Clc1ccccc1-c1csc(-c2cccnc2)n1. The Morgan fingerprint density at radius 2 is 1.89 bits per heavy atom. The highest BCUT2D eigenvalue weighted by atomic mass is 79.9. The van der Waals surface area contributed by atoms with Crippen molar-refractivity contribution in [1.82, 2.24) is 9.97 Å². The Labute approximate surface area is 130 Å². The minimum atomic E-state index is 0. The van der Waals surface area contributed by atoms with Crippen LogP contribution >= 0.6 is 39.9 Å². The van der Waals surface area contributed by atoms with Crippen molar-refractivity contribution < 1.29 is 0 Å². The van der Waals surface area contributed by atoms with Gasteiger partial charge in [-0.1, -0.05) is 29.8 Å². The van der Waals surface area contributed by atoms with Crippen LogP contribution in [0.25, 0.3) is 21.8 Å². The van der Waals surface area contributed by atoms with E-state index in [0.717, 1.165) is 26.9 Å². The maximum Gasteiger partial charge on any atom is 0.125 e. The van der Waals surface area contributed by atoms with E-state index < -0.39 is 0 Å². The van der Waals surface area contributed by atoms with E-state index in [-0.39, 0.29) is 17.0 Å². The second kappa shape index (κ2) is 6.28. The number of nitrogens with zero attached hydrogens (tertiary/aromatic N) is 2. The van der Waals surface area contributed by atoms with Gasteiger partial charge in [0.05, 0.1) is 5.69 Å². The van der Waals surface area contributed by atoms with Gasteiger partial charge in [0, 0.05) is 33.9 Å². The molecule has 2 heterocycles. The van der Waals surface area contributed by atoms with Crippen molar-refractivity contribution in [3.05, 3.63) is 59.2 Å². The molecule has 0 saturated heterocycles. The number of pyridine rings is 1. The summed E-state index contributed by atoms with van der Waals surface area (Å²) < 4.78 is 0. The molecule has 3 aromatic rings. The molecule has 0 N–H and O–H groups in total. The summed E-state index contributed by atoms with van der Waals surface area (Å²) in [6.45, 7) is 0. The molecule has 0 unspecified atom stereocenters. The van der Waals surface area contributed by atoms with Crippen molar-refractivity contribution in [3.63, 3.8) is 0 Å². The molecule has 0 spiro atoms. The molecule has 2 aromatic heterocycles. The smallest absolute Gasteiger partial charge is 0.125 e. The normalized spacial score (nSPS) is 9.95. The van der Waals surface area contributed by atoms with Gasteiger partial charge >= 0.3 is 0 Å². The Morgan fingerprint density at radius 1 is 1.05 bits per heavy atom. The van der Waals surface area contributed by atoms with Gasteiger partial charge in [-0.25, -0.2) is 4.98 Å². The average molecular weight is 354 g/mol. The summed E-state index contributed by atoms with van der Waals surface area (Å²) in [4.78, 5) is 8.71. The van der Waals surface area contributed by atoms with Crippen LogP contribution in [0.4, 0.5) is 0 Å². The van der Waals surface area contributed by atoms with Crippen LogP contribution < -0.4 is 0 Å². The number of aromatic nitrogens is 2. The Kier molecular flexibility index (Phi) is 4.69.